The maximum Gasteiger partial charge on any atom is 0.224 e. The van der Waals surface area contributed by atoms with Crippen molar-refractivity contribution in [3.05, 3.63) is 47.4 Å². The van der Waals surface area contributed by atoms with Gasteiger partial charge >= 0.3 is 0 Å². The van der Waals surface area contributed by atoms with Crippen molar-refractivity contribution in [3.8, 4) is 0 Å². The van der Waals surface area contributed by atoms with Crippen molar-refractivity contribution < 1.29 is 4.74 Å². The molecule has 3 aromatic heterocycles. The molecule has 1 atom stereocenters. The maximum absolute atomic E-state index is 6.38. The molecule has 3 saturated heterocycles. The van der Waals surface area contributed by atoms with Crippen LogP contribution in [0, 0.1) is 0 Å². The number of anilines is 3. The summed E-state index contributed by atoms with van der Waals surface area (Å²) in [5, 5.41) is 6.46. The summed E-state index contributed by atoms with van der Waals surface area (Å²) < 4.78 is 7.65. The molecule has 0 spiro atoms. The lowest BCUT2D eigenvalue weighted by molar-refractivity contribution is 0.122. The van der Waals surface area contributed by atoms with E-state index in [2.05, 4.69) is 37.9 Å². The number of para-hydroxylation sites is 1. The van der Waals surface area contributed by atoms with Crippen LogP contribution in [0.3, 0.4) is 0 Å². The van der Waals surface area contributed by atoms with E-state index in [1.165, 1.54) is 6.42 Å². The lowest BCUT2D eigenvalue weighted by Crippen LogP contribution is -2.40. The van der Waals surface area contributed by atoms with Crippen molar-refractivity contribution in [1.82, 2.24) is 24.6 Å². The van der Waals surface area contributed by atoms with E-state index in [0.29, 0.717) is 0 Å². The van der Waals surface area contributed by atoms with E-state index in [-0.39, 0.29) is 11.3 Å². The van der Waals surface area contributed by atoms with E-state index in [9.17, 15) is 0 Å². The first-order valence-corrected chi connectivity index (χ1v) is 13.3. The number of halogens is 1. The van der Waals surface area contributed by atoms with E-state index in [4.69, 9.17) is 31.4 Å². The zero-order chi connectivity index (χ0) is 24.1. The highest BCUT2D eigenvalue weighted by Gasteiger charge is 2.30. The number of nitrogens with zero attached hydrogens (tertiary/aromatic N) is 8. The van der Waals surface area contributed by atoms with E-state index in [0.717, 1.165) is 105 Å². The maximum atomic E-state index is 6.38. The van der Waals surface area contributed by atoms with Gasteiger partial charge in [0.25, 0.3) is 0 Å². The van der Waals surface area contributed by atoms with Crippen molar-refractivity contribution in [1.29, 1.82) is 0 Å². The molecule has 0 amide bonds. The number of hydrogen-bond acceptors (Lipinski definition) is 8. The Morgan fingerprint density at radius 1 is 0.861 bits per heavy atom. The van der Waals surface area contributed by atoms with Crippen LogP contribution >= 0.6 is 11.6 Å². The molecule has 3 fully saturated rings. The highest BCUT2D eigenvalue weighted by Crippen LogP contribution is 2.38. The molecule has 6 heterocycles. The van der Waals surface area contributed by atoms with Crippen molar-refractivity contribution in [2.75, 3.05) is 60.6 Å². The molecule has 10 heteroatoms. The number of morpholine rings is 1. The van der Waals surface area contributed by atoms with Gasteiger partial charge in [0, 0.05) is 50.2 Å². The molecule has 186 valence electrons. The van der Waals surface area contributed by atoms with Crippen LogP contribution in [0.1, 0.15) is 37.4 Å². The summed E-state index contributed by atoms with van der Waals surface area (Å²) in [5.41, 5.74) is 2.78. The average Bonchev–Trinajstić information content (AvgIpc) is 3.31. The van der Waals surface area contributed by atoms with Crippen LogP contribution in [0.5, 0.6) is 0 Å². The SMILES string of the molecule is Clc1nc(N2CCCCC2c2cc3nc(N4CCC4)cc(N4CCOCC4)n3n2)c2ccccc2n1. The summed E-state index contributed by atoms with van der Waals surface area (Å²) in [6, 6.07) is 12.5. The van der Waals surface area contributed by atoms with Gasteiger partial charge in [-0.05, 0) is 49.4 Å². The van der Waals surface area contributed by atoms with Gasteiger partial charge in [0.05, 0.1) is 30.5 Å². The predicted octanol–water partition coefficient (Wildman–Crippen LogP) is 4.10. The molecule has 0 radical (unpaired) electrons. The number of aromatic nitrogens is 5. The molecule has 0 saturated carbocycles. The van der Waals surface area contributed by atoms with Gasteiger partial charge in [-0.2, -0.15) is 14.6 Å². The fourth-order valence-electron chi connectivity index (χ4n) is 5.60. The third kappa shape index (κ3) is 3.81. The largest absolute Gasteiger partial charge is 0.378 e. The Kier molecular flexibility index (Phi) is 5.54. The fraction of sp³-hybridized carbons (Fsp3) is 0.462. The monoisotopic (exact) mass is 504 g/mol. The third-order valence-electron chi connectivity index (χ3n) is 7.60. The van der Waals surface area contributed by atoms with E-state index in [1.54, 1.807) is 0 Å². The number of fused-ring (bicyclic) bond motifs is 2. The second-order valence-corrected chi connectivity index (χ2v) is 10.1. The van der Waals surface area contributed by atoms with Crippen LogP contribution in [-0.2, 0) is 4.74 Å². The second-order valence-electron chi connectivity index (χ2n) is 9.79. The van der Waals surface area contributed by atoms with Gasteiger partial charge in [-0.25, -0.2) is 9.97 Å². The van der Waals surface area contributed by atoms with Crippen LogP contribution in [0.4, 0.5) is 17.5 Å². The normalized spacial score (nSPS) is 20.8. The van der Waals surface area contributed by atoms with Crippen LogP contribution in [-0.4, -0.2) is 70.5 Å². The predicted molar refractivity (Wildman–Crippen MR) is 141 cm³/mol. The Bertz CT molecular complexity index is 1410. The lowest BCUT2D eigenvalue weighted by Gasteiger charge is -2.36. The number of ether oxygens (including phenoxy) is 1. The zero-order valence-corrected chi connectivity index (χ0v) is 20.9. The van der Waals surface area contributed by atoms with Crippen LogP contribution in [0.2, 0.25) is 5.28 Å². The molecule has 0 bridgehead atoms. The number of rotatable bonds is 4. The number of benzene rings is 1. The molecule has 1 aromatic carbocycles. The van der Waals surface area contributed by atoms with Crippen LogP contribution in [0.25, 0.3) is 16.6 Å². The zero-order valence-electron chi connectivity index (χ0n) is 20.2. The van der Waals surface area contributed by atoms with E-state index < -0.39 is 0 Å². The first-order chi connectivity index (χ1) is 17.7. The quantitative estimate of drug-likeness (QED) is 0.384. The highest BCUT2D eigenvalue weighted by atomic mass is 35.5. The van der Waals surface area contributed by atoms with Crippen molar-refractivity contribution in [2.45, 2.75) is 31.7 Å². The Labute approximate surface area is 214 Å². The minimum Gasteiger partial charge on any atom is -0.378 e. The molecule has 0 aliphatic carbocycles. The lowest BCUT2D eigenvalue weighted by atomic mass is 9.99. The Morgan fingerprint density at radius 2 is 1.72 bits per heavy atom. The minimum atomic E-state index is 0.0971. The summed E-state index contributed by atoms with van der Waals surface area (Å²) in [6.45, 7) is 6.20. The Hall–Kier alpha value is -3.17. The first-order valence-electron chi connectivity index (χ1n) is 12.9. The van der Waals surface area contributed by atoms with Gasteiger partial charge in [0.1, 0.15) is 17.5 Å². The van der Waals surface area contributed by atoms with Gasteiger partial charge in [-0.3, -0.25) is 0 Å². The van der Waals surface area contributed by atoms with Gasteiger partial charge in [-0.15, -0.1) is 0 Å². The average molecular weight is 505 g/mol. The molecular formula is C26H29ClN8O. The Balaban J connectivity index is 1.33. The second kappa shape index (κ2) is 9.05. The number of hydrogen-bond donors (Lipinski definition) is 0. The molecule has 3 aliphatic heterocycles. The van der Waals surface area contributed by atoms with Crippen molar-refractivity contribution in [3.63, 3.8) is 0 Å². The molecule has 36 heavy (non-hydrogen) atoms. The van der Waals surface area contributed by atoms with Crippen molar-refractivity contribution in [2.24, 2.45) is 0 Å². The topological polar surface area (TPSA) is 74.9 Å². The molecule has 1 unspecified atom stereocenters. The summed E-state index contributed by atoms with van der Waals surface area (Å²) in [5.74, 6) is 3.01. The number of piperidine rings is 1. The summed E-state index contributed by atoms with van der Waals surface area (Å²) in [4.78, 5) is 21.3. The smallest absolute Gasteiger partial charge is 0.224 e. The first kappa shape index (κ1) is 22.1. The fourth-order valence-corrected chi connectivity index (χ4v) is 5.77. The molecule has 9 nitrogen and oxygen atoms in total. The van der Waals surface area contributed by atoms with Gasteiger partial charge in [0.15, 0.2) is 5.65 Å². The Morgan fingerprint density at radius 3 is 2.56 bits per heavy atom. The summed E-state index contributed by atoms with van der Waals surface area (Å²) in [7, 11) is 0. The van der Waals surface area contributed by atoms with Gasteiger partial charge in [-0.1, -0.05) is 12.1 Å². The molecule has 4 aromatic rings. The standard InChI is InChI=1S/C26H29ClN8O/c27-26-28-19-7-2-1-6-18(19)25(30-26)34-11-4-3-8-21(34)20-16-23-29-22(32-9-5-10-32)17-24(35(23)31-20)33-12-14-36-15-13-33/h1-2,6-7,16-17,21H,3-5,8-15H2. The molecule has 3 aliphatic rings. The molecular weight excluding hydrogens is 476 g/mol. The van der Waals surface area contributed by atoms with Gasteiger partial charge < -0.3 is 19.4 Å². The van der Waals surface area contributed by atoms with Crippen molar-refractivity contribution >= 4 is 45.6 Å². The van der Waals surface area contributed by atoms with E-state index >= 15 is 0 Å². The molecule has 7 rings (SSSR count). The van der Waals surface area contributed by atoms with E-state index in [1.807, 2.05) is 22.7 Å². The third-order valence-corrected chi connectivity index (χ3v) is 7.77. The van der Waals surface area contributed by atoms with Crippen LogP contribution < -0.4 is 14.7 Å². The van der Waals surface area contributed by atoms with Crippen LogP contribution in [0.15, 0.2) is 36.4 Å². The van der Waals surface area contributed by atoms with Gasteiger partial charge in [0.2, 0.25) is 5.28 Å². The summed E-state index contributed by atoms with van der Waals surface area (Å²) in [6.07, 6.45) is 4.48. The minimum absolute atomic E-state index is 0.0971. The molecule has 0 N–H and O–H groups in total. The highest BCUT2D eigenvalue weighted by molar-refractivity contribution is 6.28. The summed E-state index contributed by atoms with van der Waals surface area (Å²) >= 11 is 6.38.